The number of hydrogen-bond acceptors (Lipinski definition) is 16. The van der Waals surface area contributed by atoms with E-state index >= 15 is 0 Å². The molecule has 1 aromatic carbocycles. The second-order valence-electron chi connectivity index (χ2n) is 18.4. The summed E-state index contributed by atoms with van der Waals surface area (Å²) in [6.07, 6.45) is -3.91. The van der Waals surface area contributed by atoms with E-state index in [4.69, 9.17) is 23.7 Å². The molecule has 1 amide bonds. The third-order valence-corrected chi connectivity index (χ3v) is 13.6. The van der Waals surface area contributed by atoms with Crippen LogP contribution < -0.4 is 0 Å². The Kier molecular flexibility index (Phi) is 14.8. The van der Waals surface area contributed by atoms with Crippen molar-refractivity contribution in [3.63, 3.8) is 0 Å². The van der Waals surface area contributed by atoms with Crippen LogP contribution in [0, 0.1) is 23.7 Å². The minimum absolute atomic E-state index is 0.0639. The van der Waals surface area contributed by atoms with Crippen LogP contribution in [-0.4, -0.2) is 161 Å². The molecule has 2 aromatic heterocycles. The maximum absolute atomic E-state index is 14.8. The fourth-order valence-corrected chi connectivity index (χ4v) is 10.1. The van der Waals surface area contributed by atoms with E-state index in [2.05, 4.69) is 20.6 Å². The van der Waals surface area contributed by atoms with Crippen molar-refractivity contribution in [2.24, 2.45) is 23.7 Å². The number of rotatable bonds is 12. The number of cyclic esters (lactones) is 1. The second-order valence-corrected chi connectivity index (χ2v) is 18.4. The van der Waals surface area contributed by atoms with Gasteiger partial charge in [0, 0.05) is 38.0 Å². The summed E-state index contributed by atoms with van der Waals surface area (Å²) in [5.41, 5.74) is -0.408. The molecule has 19 nitrogen and oxygen atoms in total. The molecule has 3 aliphatic rings. The molecule has 3 aliphatic heterocycles. The van der Waals surface area contributed by atoms with Crippen molar-refractivity contribution in [1.82, 2.24) is 39.8 Å². The van der Waals surface area contributed by atoms with Gasteiger partial charge in [-0.2, -0.15) is 0 Å². The van der Waals surface area contributed by atoms with Gasteiger partial charge in [0.05, 0.1) is 54.3 Å². The lowest BCUT2D eigenvalue weighted by Crippen LogP contribution is -2.64. The van der Waals surface area contributed by atoms with Crippen molar-refractivity contribution in [2.75, 3.05) is 27.7 Å². The van der Waals surface area contributed by atoms with E-state index in [-0.39, 0.29) is 25.2 Å². The Hall–Kier alpha value is -4.40. The number of nitrogens with zero attached hydrogens (tertiary/aromatic N) is 8. The lowest BCUT2D eigenvalue weighted by atomic mass is 9.73. The number of fused-ring (bicyclic) bond motifs is 2. The maximum Gasteiger partial charge on any atom is 0.410 e. The van der Waals surface area contributed by atoms with Crippen molar-refractivity contribution in [3.8, 4) is 0 Å². The molecule has 6 unspecified atom stereocenters. The number of hydrogen-bond donors (Lipinski definition) is 2. The van der Waals surface area contributed by atoms with Gasteiger partial charge in [-0.05, 0) is 79.6 Å². The quantitative estimate of drug-likeness (QED) is 0.152. The molecule has 3 aromatic rings. The van der Waals surface area contributed by atoms with Crippen LogP contribution in [0.5, 0.6) is 0 Å². The topological polar surface area (TPSA) is 223 Å². The molecule has 0 radical (unpaired) electrons. The summed E-state index contributed by atoms with van der Waals surface area (Å²) in [5, 5.41) is 39.4. The largest absolute Gasteiger partial charge is 0.458 e. The van der Waals surface area contributed by atoms with Gasteiger partial charge in [-0.15, -0.1) is 10.2 Å². The van der Waals surface area contributed by atoms with Crippen molar-refractivity contribution in [1.29, 1.82) is 0 Å². The second kappa shape index (κ2) is 19.4. The number of aliphatic hydroxyl groups is 2. The average molecular weight is 883 g/mol. The molecule has 3 fully saturated rings. The maximum atomic E-state index is 14.8. The molecule has 14 atom stereocenters. The molecule has 63 heavy (non-hydrogen) atoms. The predicted octanol–water partition coefficient (Wildman–Crippen LogP) is 3.03. The molecular formula is C44H66N8O11. The Labute approximate surface area is 368 Å². The number of para-hydroxylation sites is 1. The number of carbonyl (C=O) groups is 4. The van der Waals surface area contributed by atoms with Crippen LogP contribution in [-0.2, 0) is 51.2 Å². The smallest absolute Gasteiger partial charge is 0.410 e. The van der Waals surface area contributed by atoms with Crippen molar-refractivity contribution in [3.05, 3.63) is 36.2 Å². The van der Waals surface area contributed by atoms with Gasteiger partial charge in [0.25, 0.3) is 0 Å². The van der Waals surface area contributed by atoms with Gasteiger partial charge in [0.15, 0.2) is 17.7 Å². The number of esters is 1. The van der Waals surface area contributed by atoms with Gasteiger partial charge in [-0.3, -0.25) is 19.1 Å². The zero-order valence-electron chi connectivity index (χ0n) is 38.4. The van der Waals surface area contributed by atoms with Crippen LogP contribution in [0.15, 0.2) is 30.5 Å². The Morgan fingerprint density at radius 1 is 0.921 bits per heavy atom. The third kappa shape index (κ3) is 9.54. The molecular weight excluding hydrogens is 817 g/mol. The normalized spacial score (nSPS) is 36.1. The van der Waals surface area contributed by atoms with Crippen LogP contribution in [0.25, 0.3) is 11.0 Å². The first-order chi connectivity index (χ1) is 29.8. The predicted molar refractivity (Wildman–Crippen MR) is 227 cm³/mol. The number of benzene rings is 1. The first kappa shape index (κ1) is 48.1. The summed E-state index contributed by atoms with van der Waals surface area (Å²) < 4.78 is 34.5. The fourth-order valence-electron chi connectivity index (χ4n) is 10.1. The summed E-state index contributed by atoms with van der Waals surface area (Å²) in [4.78, 5) is 60.3. The first-order valence-electron chi connectivity index (χ1n) is 22.1. The summed E-state index contributed by atoms with van der Waals surface area (Å²) in [6, 6.07) is 6.06. The number of ether oxygens (including phenoxy) is 5. The molecule has 0 saturated carbocycles. The highest BCUT2D eigenvalue weighted by Crippen LogP contribution is 2.43. The van der Waals surface area contributed by atoms with Gasteiger partial charge >= 0.3 is 12.1 Å². The van der Waals surface area contributed by atoms with E-state index in [1.54, 1.807) is 81.7 Å². The highest BCUT2D eigenvalue weighted by molar-refractivity contribution is 6.00. The number of aliphatic hydroxyl groups excluding tert-OH is 2. The first-order valence-corrected chi connectivity index (χ1v) is 22.1. The SMILES string of the molecule is CCC1OC(=O)[C@H](C)C(=O)[C@H](C)[C@@H](OC2OC(C)C(O)C(N(C)C)C2O)[C@@](C)(OC)C[C@@H](C)C(=O)[C@H](C)[C@H]2N(CCCCn3cc(Cn4nnc5ccccc54)nn3)C(=O)O[C@]12C. The Balaban J connectivity index is 1.24. The standard InChI is InChI=1S/C44H66N8O11/c1-12-32-44(8)38(51(42(58)63-44)20-16-15-19-50-22-29(45-47-50)23-52-31-18-14-13-17-30(31)46-48-52)25(3)34(53)24(2)21-43(7,59-11)39(26(4)35(54)27(5)40(57)61-32)62-41-37(56)33(49(9)10)36(55)28(6)60-41/h13-14,17-18,22,24-28,32-33,36-39,41,55-56H,12,15-16,19-21,23H2,1-11H3/t24-,25+,26+,27-,28?,32?,33?,36?,37?,38-,39-,41?,43+,44-/m1/s1. The van der Waals surface area contributed by atoms with Gasteiger partial charge in [-0.1, -0.05) is 50.3 Å². The Bertz CT molecular complexity index is 2100. The third-order valence-electron chi connectivity index (χ3n) is 13.6. The lowest BCUT2D eigenvalue weighted by molar-refractivity contribution is -0.313. The van der Waals surface area contributed by atoms with Crippen LogP contribution in [0.3, 0.4) is 0 Å². The molecule has 6 rings (SSSR count). The van der Waals surface area contributed by atoms with Crippen LogP contribution in [0.4, 0.5) is 4.79 Å². The minimum atomic E-state index is -1.45. The van der Waals surface area contributed by atoms with Gasteiger partial charge in [-0.25, -0.2) is 9.48 Å². The molecule has 0 bridgehead atoms. The molecule has 19 heteroatoms. The number of methoxy groups -OCH3 is 1. The van der Waals surface area contributed by atoms with Crippen LogP contribution in [0.2, 0.25) is 0 Å². The van der Waals surface area contributed by atoms with Gasteiger partial charge in [0.2, 0.25) is 0 Å². The minimum Gasteiger partial charge on any atom is -0.458 e. The average Bonchev–Trinajstić information content (AvgIpc) is 3.95. The molecule has 0 spiro atoms. The zero-order chi connectivity index (χ0) is 46.1. The number of aromatic nitrogens is 6. The number of ketones is 2. The van der Waals surface area contributed by atoms with Crippen molar-refractivity contribution >= 4 is 34.7 Å². The lowest BCUT2D eigenvalue weighted by Gasteiger charge is -2.48. The van der Waals surface area contributed by atoms with Crippen LogP contribution in [0.1, 0.15) is 86.8 Å². The van der Waals surface area contributed by atoms with Gasteiger partial charge < -0.3 is 43.7 Å². The molecule has 0 aliphatic carbocycles. The van der Waals surface area contributed by atoms with Gasteiger partial charge in [0.1, 0.15) is 35.1 Å². The Morgan fingerprint density at radius 2 is 1.62 bits per heavy atom. The summed E-state index contributed by atoms with van der Waals surface area (Å²) in [5.74, 6) is -5.36. The number of Topliss-reactive ketones (excluding diaryl/α,β-unsaturated/α-hetero) is 2. The molecule has 348 valence electrons. The number of unbranched alkanes of at least 4 members (excludes halogenated alkanes) is 1. The number of likely N-dealkylation sites (N-methyl/N-ethyl adjacent to an activating group) is 1. The molecule has 2 N–H and O–H groups in total. The molecule has 3 saturated heterocycles. The van der Waals surface area contributed by atoms with E-state index in [1.807, 2.05) is 30.5 Å². The van der Waals surface area contributed by atoms with E-state index in [0.717, 1.165) is 11.0 Å². The van der Waals surface area contributed by atoms with E-state index < -0.39 is 102 Å². The monoisotopic (exact) mass is 882 g/mol. The highest BCUT2D eigenvalue weighted by Gasteiger charge is 2.60. The fraction of sp³-hybridized carbons (Fsp3) is 0.727. The molecule has 5 heterocycles. The Morgan fingerprint density at radius 3 is 2.30 bits per heavy atom. The van der Waals surface area contributed by atoms with E-state index in [0.29, 0.717) is 31.6 Å². The summed E-state index contributed by atoms with van der Waals surface area (Å²) >= 11 is 0. The zero-order valence-corrected chi connectivity index (χ0v) is 38.4. The number of amides is 1. The van der Waals surface area contributed by atoms with Crippen molar-refractivity contribution < 1.29 is 53.1 Å². The van der Waals surface area contributed by atoms with Crippen molar-refractivity contribution in [2.45, 2.75) is 154 Å². The van der Waals surface area contributed by atoms with E-state index in [1.165, 1.54) is 14.0 Å². The number of aryl methyl sites for hydroxylation is 1. The van der Waals surface area contributed by atoms with Crippen LogP contribution >= 0.6 is 0 Å². The highest BCUT2D eigenvalue weighted by atomic mass is 16.7. The summed E-state index contributed by atoms with van der Waals surface area (Å²) in [7, 11) is 4.89. The number of carbonyl (C=O) groups excluding carboxylic acids is 4. The van der Waals surface area contributed by atoms with E-state index in [9.17, 15) is 29.4 Å². The summed E-state index contributed by atoms with van der Waals surface area (Å²) in [6.45, 7) is 14.6.